The molecule has 1 fully saturated rings. The van der Waals surface area contributed by atoms with Crippen molar-refractivity contribution in [1.82, 2.24) is 4.90 Å². The molecule has 2 aliphatic heterocycles. The molecule has 0 aromatic heterocycles. The standard InChI is InChI=1S/C18H20N2.BrH/c1-19-10-11-20-17-9-5-3-7-15(17)12-14-6-2-4-8-16(14)18(20)13-19;/h2-9,18H,10-13H2,1H3;1H. The third kappa shape index (κ3) is 2.49. The molecule has 0 aliphatic carbocycles. The minimum Gasteiger partial charge on any atom is -0.362 e. The van der Waals surface area contributed by atoms with Gasteiger partial charge in [0.25, 0.3) is 0 Å². The average molecular weight is 345 g/mol. The molecular formula is C18H21BrN2. The first-order valence-electron chi connectivity index (χ1n) is 7.44. The zero-order valence-corrected chi connectivity index (χ0v) is 14.0. The van der Waals surface area contributed by atoms with Crippen molar-refractivity contribution < 1.29 is 0 Å². The molecule has 0 radical (unpaired) electrons. The lowest BCUT2D eigenvalue weighted by molar-refractivity contribution is 0.269. The predicted molar refractivity (Wildman–Crippen MR) is 93.6 cm³/mol. The van der Waals surface area contributed by atoms with E-state index < -0.39 is 0 Å². The van der Waals surface area contributed by atoms with E-state index in [1.165, 1.54) is 22.4 Å². The van der Waals surface area contributed by atoms with Gasteiger partial charge in [0.1, 0.15) is 0 Å². The quantitative estimate of drug-likeness (QED) is 0.719. The van der Waals surface area contributed by atoms with Crippen LogP contribution in [0, 0.1) is 0 Å². The fourth-order valence-electron chi connectivity index (χ4n) is 3.64. The molecule has 21 heavy (non-hydrogen) atoms. The molecule has 4 rings (SSSR count). The summed E-state index contributed by atoms with van der Waals surface area (Å²) in [4.78, 5) is 5.06. The first kappa shape index (κ1) is 14.6. The Morgan fingerprint density at radius 1 is 0.905 bits per heavy atom. The Morgan fingerprint density at radius 3 is 2.48 bits per heavy atom. The molecular weight excluding hydrogens is 324 g/mol. The molecule has 1 unspecified atom stereocenters. The van der Waals surface area contributed by atoms with E-state index in [0.717, 1.165) is 26.1 Å². The Bertz CT molecular complexity index is 641. The average Bonchev–Trinajstić information content (AvgIpc) is 2.61. The van der Waals surface area contributed by atoms with E-state index in [1.807, 2.05) is 0 Å². The van der Waals surface area contributed by atoms with Crippen LogP contribution in [0.4, 0.5) is 5.69 Å². The summed E-state index contributed by atoms with van der Waals surface area (Å²) in [7, 11) is 2.23. The van der Waals surface area contributed by atoms with E-state index in [-0.39, 0.29) is 17.0 Å². The number of para-hydroxylation sites is 1. The first-order valence-corrected chi connectivity index (χ1v) is 7.44. The number of likely N-dealkylation sites (N-methyl/N-ethyl adjacent to an activating group) is 1. The van der Waals surface area contributed by atoms with Crippen LogP contribution in [-0.4, -0.2) is 31.6 Å². The number of hydrogen-bond donors (Lipinski definition) is 0. The Balaban J connectivity index is 0.00000132. The third-order valence-corrected chi connectivity index (χ3v) is 4.68. The maximum absolute atomic E-state index is 2.61. The van der Waals surface area contributed by atoms with E-state index in [4.69, 9.17) is 0 Å². The summed E-state index contributed by atoms with van der Waals surface area (Å²) in [5.41, 5.74) is 5.90. The Morgan fingerprint density at radius 2 is 1.62 bits per heavy atom. The number of piperazine rings is 1. The van der Waals surface area contributed by atoms with Crippen molar-refractivity contribution in [2.24, 2.45) is 0 Å². The maximum atomic E-state index is 2.61. The molecule has 2 aromatic rings. The molecule has 2 aromatic carbocycles. The molecule has 0 saturated carbocycles. The minimum absolute atomic E-state index is 0. The minimum atomic E-state index is 0. The first-order chi connectivity index (χ1) is 9.83. The van der Waals surface area contributed by atoms with Crippen LogP contribution >= 0.6 is 17.0 Å². The topological polar surface area (TPSA) is 6.48 Å². The zero-order chi connectivity index (χ0) is 13.5. The number of nitrogens with zero attached hydrogens (tertiary/aromatic N) is 2. The van der Waals surface area contributed by atoms with Crippen LogP contribution in [0.1, 0.15) is 22.7 Å². The molecule has 2 nitrogen and oxygen atoms in total. The molecule has 0 spiro atoms. The molecule has 1 atom stereocenters. The second-order valence-electron chi connectivity index (χ2n) is 5.98. The predicted octanol–water partition coefficient (Wildman–Crippen LogP) is 3.66. The van der Waals surface area contributed by atoms with Gasteiger partial charge in [0, 0.05) is 25.3 Å². The molecule has 1 saturated heterocycles. The normalized spacial score (nSPS) is 20.6. The third-order valence-electron chi connectivity index (χ3n) is 4.68. The number of anilines is 1. The van der Waals surface area contributed by atoms with Crippen LogP contribution in [0.2, 0.25) is 0 Å². The highest BCUT2D eigenvalue weighted by Gasteiger charge is 2.31. The smallest absolute Gasteiger partial charge is 0.0672 e. The van der Waals surface area contributed by atoms with Crippen molar-refractivity contribution >= 4 is 22.7 Å². The van der Waals surface area contributed by atoms with Crippen LogP contribution in [0.25, 0.3) is 0 Å². The van der Waals surface area contributed by atoms with Gasteiger partial charge >= 0.3 is 0 Å². The SMILES string of the molecule is Br.CN1CCN2c3ccccc3Cc3ccccc3C2C1. The molecule has 110 valence electrons. The van der Waals surface area contributed by atoms with E-state index >= 15 is 0 Å². The lowest BCUT2D eigenvalue weighted by Gasteiger charge is -2.41. The number of halogens is 1. The fraction of sp³-hybridized carbons (Fsp3) is 0.333. The maximum Gasteiger partial charge on any atom is 0.0672 e. The van der Waals surface area contributed by atoms with Crippen LogP contribution in [0.15, 0.2) is 48.5 Å². The second-order valence-corrected chi connectivity index (χ2v) is 5.98. The van der Waals surface area contributed by atoms with Crippen molar-refractivity contribution in [3.8, 4) is 0 Å². The number of benzene rings is 2. The van der Waals surface area contributed by atoms with Crippen LogP contribution in [-0.2, 0) is 6.42 Å². The Labute approximate surface area is 137 Å². The van der Waals surface area contributed by atoms with Gasteiger partial charge in [-0.1, -0.05) is 42.5 Å². The summed E-state index contributed by atoms with van der Waals surface area (Å²) in [6, 6.07) is 18.4. The highest BCUT2D eigenvalue weighted by atomic mass is 79.9. The highest BCUT2D eigenvalue weighted by molar-refractivity contribution is 8.93. The van der Waals surface area contributed by atoms with Gasteiger partial charge in [0.15, 0.2) is 0 Å². The lowest BCUT2D eigenvalue weighted by atomic mass is 9.96. The van der Waals surface area contributed by atoms with Gasteiger partial charge in [0.05, 0.1) is 6.04 Å². The Hall–Kier alpha value is -1.32. The van der Waals surface area contributed by atoms with Gasteiger partial charge in [-0.3, -0.25) is 0 Å². The van der Waals surface area contributed by atoms with Gasteiger partial charge in [-0.05, 0) is 36.2 Å². The summed E-state index contributed by atoms with van der Waals surface area (Å²) in [6.45, 7) is 3.38. The van der Waals surface area contributed by atoms with Gasteiger partial charge in [-0.15, -0.1) is 17.0 Å². The van der Waals surface area contributed by atoms with Crippen LogP contribution in [0.5, 0.6) is 0 Å². The molecule has 2 heterocycles. The summed E-state index contributed by atoms with van der Waals surface area (Å²) in [5.74, 6) is 0. The van der Waals surface area contributed by atoms with E-state index in [9.17, 15) is 0 Å². The van der Waals surface area contributed by atoms with Crippen molar-refractivity contribution in [1.29, 1.82) is 0 Å². The van der Waals surface area contributed by atoms with Crippen molar-refractivity contribution in [3.63, 3.8) is 0 Å². The van der Waals surface area contributed by atoms with E-state index in [0.29, 0.717) is 6.04 Å². The summed E-state index contributed by atoms with van der Waals surface area (Å²) in [6.07, 6.45) is 1.06. The molecule has 0 N–H and O–H groups in total. The van der Waals surface area contributed by atoms with Crippen molar-refractivity contribution in [2.75, 3.05) is 31.6 Å². The van der Waals surface area contributed by atoms with E-state index in [1.54, 1.807) is 0 Å². The van der Waals surface area contributed by atoms with Gasteiger partial charge in [-0.2, -0.15) is 0 Å². The van der Waals surface area contributed by atoms with Gasteiger partial charge in [0.2, 0.25) is 0 Å². The fourth-order valence-corrected chi connectivity index (χ4v) is 3.64. The van der Waals surface area contributed by atoms with Crippen LogP contribution in [0.3, 0.4) is 0 Å². The van der Waals surface area contributed by atoms with Crippen molar-refractivity contribution in [3.05, 3.63) is 65.2 Å². The molecule has 0 amide bonds. The van der Waals surface area contributed by atoms with Crippen molar-refractivity contribution in [2.45, 2.75) is 12.5 Å². The number of hydrogen-bond acceptors (Lipinski definition) is 2. The molecule has 3 heteroatoms. The van der Waals surface area contributed by atoms with E-state index in [2.05, 4.69) is 65.4 Å². The second kappa shape index (κ2) is 5.82. The van der Waals surface area contributed by atoms with Gasteiger partial charge in [-0.25, -0.2) is 0 Å². The molecule has 0 bridgehead atoms. The number of rotatable bonds is 0. The highest BCUT2D eigenvalue weighted by Crippen LogP contribution is 2.38. The Kier molecular flexibility index (Phi) is 4.05. The lowest BCUT2D eigenvalue weighted by Crippen LogP contribution is -2.46. The number of fused-ring (bicyclic) bond motifs is 5. The largest absolute Gasteiger partial charge is 0.362 e. The zero-order valence-electron chi connectivity index (χ0n) is 12.3. The van der Waals surface area contributed by atoms with Gasteiger partial charge < -0.3 is 9.80 Å². The summed E-state index contributed by atoms with van der Waals surface area (Å²) >= 11 is 0. The summed E-state index contributed by atoms with van der Waals surface area (Å²) in [5, 5.41) is 0. The monoisotopic (exact) mass is 344 g/mol. The summed E-state index contributed by atoms with van der Waals surface area (Å²) < 4.78 is 0. The molecule has 2 aliphatic rings. The van der Waals surface area contributed by atoms with Crippen LogP contribution < -0.4 is 4.90 Å².